The monoisotopic (exact) mass is 410 g/mol. The number of likely N-dealkylation sites (tertiary alicyclic amines) is 1. The van der Waals surface area contributed by atoms with E-state index in [1.807, 2.05) is 12.5 Å². The van der Waals surface area contributed by atoms with Crippen molar-refractivity contribution < 1.29 is 9.84 Å². The van der Waals surface area contributed by atoms with Gasteiger partial charge in [0.15, 0.2) is 0 Å². The number of aromatic nitrogens is 1. The van der Waals surface area contributed by atoms with Crippen LogP contribution in [0.5, 0.6) is 0 Å². The van der Waals surface area contributed by atoms with Crippen molar-refractivity contribution in [2.45, 2.75) is 43.0 Å². The van der Waals surface area contributed by atoms with Crippen molar-refractivity contribution >= 4 is 34.7 Å². The largest absolute Gasteiger partial charge is 0.392 e. The van der Waals surface area contributed by atoms with Crippen molar-refractivity contribution in [2.24, 2.45) is 0 Å². The van der Waals surface area contributed by atoms with Crippen LogP contribution in [0.3, 0.4) is 0 Å². The van der Waals surface area contributed by atoms with Crippen LogP contribution in [0.2, 0.25) is 4.34 Å². The Balaban J connectivity index is 1.47. The molecule has 1 N–H and O–H groups in total. The summed E-state index contributed by atoms with van der Waals surface area (Å²) in [7, 11) is 0. The Kier molecular flexibility index (Phi) is 5.60. The van der Waals surface area contributed by atoms with Gasteiger partial charge < -0.3 is 9.84 Å². The standard InChI is InChI=1S/C19H23ClN2O2S2/c1-25-16-3-2-13(10-21-16)11-22-7-5-19(6-8-22)17-14(4-9-24-19)15(12-23)18(20)26-17/h2-3,10,23H,4-9,11-12H2,1H3. The third-order valence-corrected chi connectivity index (χ3v) is 7.81. The first-order valence-electron chi connectivity index (χ1n) is 8.92. The van der Waals surface area contributed by atoms with Gasteiger partial charge in [-0.2, -0.15) is 0 Å². The Hall–Kier alpha value is -0.630. The lowest BCUT2D eigenvalue weighted by Crippen LogP contribution is -2.45. The molecule has 0 unspecified atom stereocenters. The van der Waals surface area contributed by atoms with Crippen molar-refractivity contribution in [2.75, 3.05) is 26.0 Å². The number of nitrogens with zero attached hydrogens (tertiary/aromatic N) is 2. The zero-order valence-electron chi connectivity index (χ0n) is 14.8. The van der Waals surface area contributed by atoms with Gasteiger partial charge in [0.05, 0.1) is 22.6 Å². The molecule has 7 heteroatoms. The molecule has 0 aliphatic carbocycles. The van der Waals surface area contributed by atoms with Gasteiger partial charge in [0.25, 0.3) is 0 Å². The first-order valence-corrected chi connectivity index (χ1v) is 11.3. The van der Waals surface area contributed by atoms with Crippen LogP contribution in [0.1, 0.15) is 34.4 Å². The molecule has 4 heterocycles. The highest BCUT2D eigenvalue weighted by Gasteiger charge is 2.43. The number of pyridine rings is 1. The van der Waals surface area contributed by atoms with Gasteiger partial charge in [-0.25, -0.2) is 4.98 Å². The van der Waals surface area contributed by atoms with E-state index in [2.05, 4.69) is 22.0 Å². The predicted molar refractivity (Wildman–Crippen MR) is 107 cm³/mol. The number of aliphatic hydroxyl groups is 1. The van der Waals surface area contributed by atoms with Gasteiger partial charge in [0, 0.05) is 36.3 Å². The molecule has 4 nitrogen and oxygen atoms in total. The summed E-state index contributed by atoms with van der Waals surface area (Å²) in [5.41, 5.74) is 3.19. The third-order valence-electron chi connectivity index (χ3n) is 5.45. The Morgan fingerprint density at radius 3 is 2.85 bits per heavy atom. The fourth-order valence-electron chi connectivity index (χ4n) is 4.00. The SMILES string of the molecule is CSc1ccc(CN2CCC3(CC2)OCCc2c3sc(Cl)c2CO)cn1. The highest BCUT2D eigenvalue weighted by Crippen LogP contribution is 2.48. The number of ether oxygens (including phenoxy) is 1. The van der Waals surface area contributed by atoms with Crippen LogP contribution in [-0.2, 0) is 29.9 Å². The van der Waals surface area contributed by atoms with E-state index in [1.165, 1.54) is 16.0 Å². The fourth-order valence-corrected chi connectivity index (χ4v) is 6.05. The minimum absolute atomic E-state index is 0.0198. The lowest BCUT2D eigenvalue weighted by Gasteiger charge is -2.43. The molecule has 0 radical (unpaired) electrons. The van der Waals surface area contributed by atoms with Crippen LogP contribution in [0.15, 0.2) is 23.4 Å². The summed E-state index contributed by atoms with van der Waals surface area (Å²) in [6.45, 7) is 3.65. The molecular weight excluding hydrogens is 388 g/mol. The van der Waals surface area contributed by atoms with Gasteiger partial charge >= 0.3 is 0 Å². The van der Waals surface area contributed by atoms with Gasteiger partial charge in [0.1, 0.15) is 5.60 Å². The fraction of sp³-hybridized carbons (Fsp3) is 0.526. The van der Waals surface area contributed by atoms with Crippen molar-refractivity contribution in [3.63, 3.8) is 0 Å². The second kappa shape index (κ2) is 7.78. The van der Waals surface area contributed by atoms with Gasteiger partial charge in [0.2, 0.25) is 0 Å². The maximum Gasteiger partial charge on any atom is 0.105 e. The molecule has 2 aliphatic heterocycles. The van der Waals surface area contributed by atoms with E-state index in [1.54, 1.807) is 23.1 Å². The molecule has 0 aromatic carbocycles. The van der Waals surface area contributed by atoms with Gasteiger partial charge in [-0.3, -0.25) is 4.90 Å². The number of thioether (sulfide) groups is 1. The number of hydrogen-bond acceptors (Lipinski definition) is 6. The molecular formula is C19H23ClN2O2S2. The molecule has 2 aromatic heterocycles. The van der Waals surface area contributed by atoms with Crippen LogP contribution in [0, 0.1) is 0 Å². The minimum Gasteiger partial charge on any atom is -0.392 e. The summed E-state index contributed by atoms with van der Waals surface area (Å²) < 4.78 is 7.03. The van der Waals surface area contributed by atoms with Crippen LogP contribution in [0.4, 0.5) is 0 Å². The second-order valence-corrected chi connectivity index (χ2v) is 9.35. The third kappa shape index (κ3) is 3.43. The summed E-state index contributed by atoms with van der Waals surface area (Å²) in [5, 5.41) is 10.7. The summed E-state index contributed by atoms with van der Waals surface area (Å²) in [4.78, 5) is 8.20. The van der Waals surface area contributed by atoms with Gasteiger partial charge in [-0.15, -0.1) is 23.1 Å². The topological polar surface area (TPSA) is 45.6 Å². The summed E-state index contributed by atoms with van der Waals surface area (Å²) in [6, 6.07) is 4.26. The van der Waals surface area contributed by atoms with E-state index in [-0.39, 0.29) is 12.2 Å². The summed E-state index contributed by atoms with van der Waals surface area (Å²) in [5.74, 6) is 0. The number of halogens is 1. The predicted octanol–water partition coefficient (Wildman–Crippen LogP) is 4.07. The van der Waals surface area contributed by atoms with E-state index in [4.69, 9.17) is 16.3 Å². The molecule has 0 bridgehead atoms. The van der Waals surface area contributed by atoms with Crippen LogP contribution in [0.25, 0.3) is 0 Å². The van der Waals surface area contributed by atoms with Crippen molar-refractivity contribution in [1.82, 2.24) is 9.88 Å². The number of thiophene rings is 1. The van der Waals surface area contributed by atoms with Crippen molar-refractivity contribution in [3.8, 4) is 0 Å². The Labute approximate surface area is 167 Å². The molecule has 4 rings (SSSR count). The van der Waals surface area contributed by atoms with E-state index in [9.17, 15) is 5.11 Å². The number of fused-ring (bicyclic) bond motifs is 2. The zero-order valence-corrected chi connectivity index (χ0v) is 17.2. The van der Waals surface area contributed by atoms with Crippen LogP contribution >= 0.6 is 34.7 Å². The summed E-state index contributed by atoms with van der Waals surface area (Å²) in [6.07, 6.45) is 6.82. The van der Waals surface area contributed by atoms with Crippen LogP contribution in [-0.4, -0.2) is 40.9 Å². The van der Waals surface area contributed by atoms with Crippen LogP contribution < -0.4 is 0 Å². The average molecular weight is 411 g/mol. The average Bonchev–Trinajstić information content (AvgIpc) is 3.01. The van der Waals surface area contributed by atoms with Gasteiger partial charge in [-0.1, -0.05) is 17.7 Å². The second-order valence-electron chi connectivity index (χ2n) is 6.90. The molecule has 1 spiro atoms. The molecule has 0 atom stereocenters. The normalized spacial score (nSPS) is 19.7. The number of piperidine rings is 1. The number of aliphatic hydroxyl groups excluding tert-OH is 1. The first kappa shape index (κ1) is 18.7. The van der Waals surface area contributed by atoms with E-state index >= 15 is 0 Å². The Bertz CT molecular complexity index is 771. The lowest BCUT2D eigenvalue weighted by atomic mass is 9.84. The zero-order chi connectivity index (χ0) is 18.1. The molecule has 2 aromatic rings. The highest BCUT2D eigenvalue weighted by atomic mass is 35.5. The maximum atomic E-state index is 9.66. The quantitative estimate of drug-likeness (QED) is 0.769. The first-order chi connectivity index (χ1) is 12.6. The number of rotatable bonds is 4. The molecule has 2 aliphatic rings. The highest BCUT2D eigenvalue weighted by molar-refractivity contribution is 7.98. The molecule has 0 amide bonds. The molecule has 140 valence electrons. The van der Waals surface area contributed by atoms with E-state index < -0.39 is 0 Å². The Morgan fingerprint density at radius 1 is 1.38 bits per heavy atom. The molecule has 1 fully saturated rings. The minimum atomic E-state index is -0.216. The van der Waals surface area contributed by atoms with E-state index in [0.29, 0.717) is 6.61 Å². The summed E-state index contributed by atoms with van der Waals surface area (Å²) >= 11 is 9.66. The molecule has 1 saturated heterocycles. The smallest absolute Gasteiger partial charge is 0.105 e. The van der Waals surface area contributed by atoms with Crippen molar-refractivity contribution in [3.05, 3.63) is 44.2 Å². The maximum absolute atomic E-state index is 9.66. The Morgan fingerprint density at radius 2 is 2.19 bits per heavy atom. The van der Waals surface area contributed by atoms with Crippen molar-refractivity contribution in [1.29, 1.82) is 0 Å². The van der Waals surface area contributed by atoms with E-state index in [0.717, 1.165) is 53.8 Å². The number of hydrogen-bond donors (Lipinski definition) is 1. The molecule has 0 saturated carbocycles. The van der Waals surface area contributed by atoms with Gasteiger partial charge in [-0.05, 0) is 42.7 Å². The molecule has 26 heavy (non-hydrogen) atoms. The lowest BCUT2D eigenvalue weighted by molar-refractivity contribution is -0.0962.